The van der Waals surface area contributed by atoms with E-state index in [0.717, 1.165) is 42.8 Å². The Kier molecular flexibility index (Phi) is 7.79. The van der Waals surface area contributed by atoms with Crippen LogP contribution in [0.3, 0.4) is 0 Å². The summed E-state index contributed by atoms with van der Waals surface area (Å²) < 4.78 is 5.72. The van der Waals surface area contributed by atoms with E-state index in [9.17, 15) is 0 Å². The van der Waals surface area contributed by atoms with Crippen LogP contribution in [0.15, 0.2) is 58.8 Å². The second-order valence-electron chi connectivity index (χ2n) is 7.48. The molecule has 0 aliphatic rings. The van der Waals surface area contributed by atoms with Crippen molar-refractivity contribution in [2.45, 2.75) is 51.9 Å². The van der Waals surface area contributed by atoms with Crippen molar-refractivity contribution in [3.8, 4) is 5.75 Å². The molecule has 140 valence electrons. The average molecular weight is 354 g/mol. The number of hydrogen-bond donors (Lipinski definition) is 1. The molecule has 0 aliphatic heterocycles. The Labute approximate surface area is 156 Å². The molecule has 4 heteroatoms. The molecule has 0 aromatic heterocycles. The van der Waals surface area contributed by atoms with E-state index in [4.69, 9.17) is 9.84 Å². The highest BCUT2D eigenvalue weighted by Gasteiger charge is 2.13. The summed E-state index contributed by atoms with van der Waals surface area (Å²) in [6, 6.07) is 15.9. The fourth-order valence-corrected chi connectivity index (χ4v) is 2.52. The molecule has 0 saturated heterocycles. The maximum atomic E-state index is 8.74. The quantitative estimate of drug-likeness (QED) is 0.422. The minimum atomic E-state index is 0.0998. The van der Waals surface area contributed by atoms with E-state index in [1.54, 1.807) is 0 Å². The first-order valence-corrected chi connectivity index (χ1v) is 9.35. The minimum absolute atomic E-state index is 0.0998. The number of aliphatic hydroxyl groups is 1. The van der Waals surface area contributed by atoms with Gasteiger partial charge in [-0.3, -0.25) is 0 Å². The van der Waals surface area contributed by atoms with Crippen molar-refractivity contribution >= 4 is 11.4 Å². The molecule has 0 fully saturated rings. The third-order valence-corrected chi connectivity index (χ3v) is 4.15. The summed E-state index contributed by atoms with van der Waals surface area (Å²) >= 11 is 0. The van der Waals surface area contributed by atoms with E-state index < -0.39 is 0 Å². The monoisotopic (exact) mass is 354 g/mol. The first-order chi connectivity index (χ1) is 12.5. The smallest absolute Gasteiger partial charge is 0.119 e. The Bertz CT molecular complexity index is 688. The number of ether oxygens (including phenoxy) is 1. The molecular formula is C22H30N2O2. The molecule has 2 rings (SSSR count). The molecule has 2 aromatic rings. The van der Waals surface area contributed by atoms with Crippen LogP contribution < -0.4 is 4.74 Å². The van der Waals surface area contributed by atoms with Crippen molar-refractivity contribution in [1.29, 1.82) is 0 Å². The lowest BCUT2D eigenvalue weighted by Crippen LogP contribution is -2.10. The van der Waals surface area contributed by atoms with Gasteiger partial charge in [0.05, 0.1) is 18.0 Å². The van der Waals surface area contributed by atoms with E-state index in [-0.39, 0.29) is 12.0 Å². The molecule has 2 aromatic carbocycles. The first kappa shape index (κ1) is 20.1. The highest BCUT2D eigenvalue weighted by atomic mass is 16.5. The Morgan fingerprint density at radius 2 is 1.54 bits per heavy atom. The lowest BCUT2D eigenvalue weighted by Gasteiger charge is -2.18. The number of rotatable bonds is 9. The summed E-state index contributed by atoms with van der Waals surface area (Å²) in [5, 5.41) is 17.4. The lowest BCUT2D eigenvalue weighted by molar-refractivity contribution is 0.273. The summed E-state index contributed by atoms with van der Waals surface area (Å²) in [4.78, 5) is 0. The normalized spacial score (nSPS) is 11.8. The van der Waals surface area contributed by atoms with Gasteiger partial charge in [0.15, 0.2) is 0 Å². The van der Waals surface area contributed by atoms with Crippen LogP contribution in [0, 0.1) is 0 Å². The van der Waals surface area contributed by atoms with Gasteiger partial charge in [0.25, 0.3) is 0 Å². The topological polar surface area (TPSA) is 54.2 Å². The molecule has 0 unspecified atom stereocenters. The Morgan fingerprint density at radius 1 is 0.846 bits per heavy atom. The van der Waals surface area contributed by atoms with Crippen molar-refractivity contribution in [1.82, 2.24) is 0 Å². The van der Waals surface area contributed by atoms with Crippen LogP contribution >= 0.6 is 0 Å². The van der Waals surface area contributed by atoms with Crippen molar-refractivity contribution in [2.24, 2.45) is 10.2 Å². The van der Waals surface area contributed by atoms with Crippen LogP contribution in [0.4, 0.5) is 11.4 Å². The summed E-state index contributed by atoms with van der Waals surface area (Å²) in [5.74, 6) is 0.848. The van der Waals surface area contributed by atoms with Gasteiger partial charge in [-0.2, -0.15) is 10.2 Å². The maximum absolute atomic E-state index is 8.74. The Hall–Kier alpha value is -2.20. The van der Waals surface area contributed by atoms with Gasteiger partial charge in [-0.05, 0) is 66.6 Å². The number of nitrogens with zero attached hydrogens (tertiary/aromatic N) is 2. The molecule has 0 heterocycles. The highest BCUT2D eigenvalue weighted by molar-refractivity contribution is 5.44. The van der Waals surface area contributed by atoms with Crippen molar-refractivity contribution in [2.75, 3.05) is 13.2 Å². The largest absolute Gasteiger partial charge is 0.494 e. The van der Waals surface area contributed by atoms with Crippen LogP contribution in [0.2, 0.25) is 0 Å². The number of azo groups is 1. The summed E-state index contributed by atoms with van der Waals surface area (Å²) in [6.07, 6.45) is 4.01. The van der Waals surface area contributed by atoms with E-state index in [1.807, 2.05) is 36.4 Å². The molecule has 0 aliphatic carbocycles. The summed E-state index contributed by atoms with van der Waals surface area (Å²) in [5.41, 5.74) is 3.02. The molecule has 0 atom stereocenters. The first-order valence-electron chi connectivity index (χ1n) is 9.35. The van der Waals surface area contributed by atoms with Gasteiger partial charge in [-0.25, -0.2) is 0 Å². The number of aliphatic hydroxyl groups excluding tert-OH is 1. The predicted molar refractivity (Wildman–Crippen MR) is 107 cm³/mol. The van der Waals surface area contributed by atoms with Gasteiger partial charge in [-0.1, -0.05) is 39.3 Å². The van der Waals surface area contributed by atoms with Gasteiger partial charge in [0, 0.05) is 6.61 Å². The zero-order chi connectivity index (χ0) is 18.8. The number of unbranched alkanes of at least 4 members (excludes halogenated alkanes) is 3. The van der Waals surface area contributed by atoms with E-state index >= 15 is 0 Å². The third kappa shape index (κ3) is 6.96. The van der Waals surface area contributed by atoms with Gasteiger partial charge in [-0.15, -0.1) is 0 Å². The standard InChI is InChI=1S/C22H30N2O2/c1-22(2,3)18-9-8-10-20(17-18)24-23-19-11-13-21(14-12-19)26-16-7-5-4-6-15-25/h8-14,17,25H,4-7,15-16H2,1-3H3. The predicted octanol–water partition coefficient (Wildman–Crippen LogP) is 6.33. The van der Waals surface area contributed by atoms with Crippen LogP contribution in [-0.4, -0.2) is 18.3 Å². The SMILES string of the molecule is CC(C)(C)c1cccc(N=Nc2ccc(OCCCCCCO)cc2)c1. The van der Waals surface area contributed by atoms with Gasteiger partial charge in [0.1, 0.15) is 5.75 Å². The zero-order valence-electron chi connectivity index (χ0n) is 16.1. The second kappa shape index (κ2) is 10.1. The van der Waals surface area contributed by atoms with Crippen LogP contribution in [-0.2, 0) is 5.41 Å². The van der Waals surface area contributed by atoms with Gasteiger partial charge in [0.2, 0.25) is 0 Å². The van der Waals surface area contributed by atoms with Crippen molar-refractivity contribution in [3.63, 3.8) is 0 Å². The van der Waals surface area contributed by atoms with Crippen molar-refractivity contribution in [3.05, 3.63) is 54.1 Å². The van der Waals surface area contributed by atoms with Crippen LogP contribution in [0.1, 0.15) is 52.0 Å². The van der Waals surface area contributed by atoms with Crippen LogP contribution in [0.25, 0.3) is 0 Å². The molecule has 0 spiro atoms. The summed E-state index contributed by atoms with van der Waals surface area (Å²) in [6.45, 7) is 7.54. The van der Waals surface area contributed by atoms with Gasteiger partial charge >= 0.3 is 0 Å². The molecule has 1 N–H and O–H groups in total. The zero-order valence-corrected chi connectivity index (χ0v) is 16.1. The third-order valence-electron chi connectivity index (χ3n) is 4.15. The molecule has 0 bridgehead atoms. The maximum Gasteiger partial charge on any atom is 0.119 e. The molecule has 0 amide bonds. The van der Waals surface area contributed by atoms with Crippen LogP contribution in [0.5, 0.6) is 5.75 Å². The fraction of sp³-hybridized carbons (Fsp3) is 0.455. The van der Waals surface area contributed by atoms with E-state index in [2.05, 4.69) is 43.1 Å². The Balaban J connectivity index is 1.86. The number of benzene rings is 2. The lowest BCUT2D eigenvalue weighted by atomic mass is 9.87. The second-order valence-corrected chi connectivity index (χ2v) is 7.48. The fourth-order valence-electron chi connectivity index (χ4n) is 2.52. The molecule has 0 radical (unpaired) electrons. The van der Waals surface area contributed by atoms with E-state index in [0.29, 0.717) is 6.61 Å². The number of hydrogen-bond acceptors (Lipinski definition) is 4. The highest BCUT2D eigenvalue weighted by Crippen LogP contribution is 2.27. The Morgan fingerprint density at radius 3 is 2.23 bits per heavy atom. The average Bonchev–Trinajstić information content (AvgIpc) is 2.63. The van der Waals surface area contributed by atoms with Gasteiger partial charge < -0.3 is 9.84 Å². The minimum Gasteiger partial charge on any atom is -0.494 e. The van der Waals surface area contributed by atoms with E-state index in [1.165, 1.54) is 5.56 Å². The molecular weight excluding hydrogens is 324 g/mol. The molecule has 0 saturated carbocycles. The van der Waals surface area contributed by atoms with Crippen molar-refractivity contribution < 1.29 is 9.84 Å². The molecule has 4 nitrogen and oxygen atoms in total. The molecule has 26 heavy (non-hydrogen) atoms. The summed E-state index contributed by atoms with van der Waals surface area (Å²) in [7, 11) is 0.